The SMILES string of the molecule is COc1cc2cc(CNC[C@H]3C[C@H]4C=C[C@@H]3C43CC3)c(=O)n(Cc3ccc(C)cc3)c2cc1OC. The lowest BCUT2D eigenvalue weighted by molar-refractivity contribution is 0.350. The van der Waals surface area contributed by atoms with Crippen molar-refractivity contribution >= 4 is 10.9 Å². The van der Waals surface area contributed by atoms with Crippen LogP contribution in [0.3, 0.4) is 0 Å². The standard InChI is InChI=1S/C30H34N2O3/c1-19-4-6-20(7-5-19)18-32-26-15-28(35-3)27(34-2)14-21(26)12-23(29(32)33)17-31-16-22-13-24-8-9-25(22)30(24)10-11-30/h4-9,12,14-15,22,24-25,31H,10-11,13,16-18H2,1-3H3/t22-,24-,25+/m1/s1. The summed E-state index contributed by atoms with van der Waals surface area (Å²) in [4.78, 5) is 13.7. The van der Waals surface area contributed by atoms with Crippen molar-refractivity contribution in [2.75, 3.05) is 20.8 Å². The van der Waals surface area contributed by atoms with Gasteiger partial charge < -0.3 is 19.4 Å². The minimum absolute atomic E-state index is 0.0456. The molecule has 3 atom stereocenters. The number of rotatable bonds is 8. The Morgan fingerprint density at radius 3 is 2.46 bits per heavy atom. The van der Waals surface area contributed by atoms with Gasteiger partial charge in [0.15, 0.2) is 11.5 Å². The van der Waals surface area contributed by atoms with Gasteiger partial charge in [-0.3, -0.25) is 4.79 Å². The highest BCUT2D eigenvalue weighted by molar-refractivity contribution is 5.84. The molecule has 5 nitrogen and oxygen atoms in total. The number of aromatic nitrogens is 1. The number of methoxy groups -OCH3 is 2. The van der Waals surface area contributed by atoms with Gasteiger partial charge in [-0.25, -0.2) is 0 Å². The van der Waals surface area contributed by atoms with Gasteiger partial charge in [-0.15, -0.1) is 0 Å². The highest BCUT2D eigenvalue weighted by Gasteiger charge is 2.62. The fraction of sp³-hybridized carbons (Fsp3) is 0.433. The first-order valence-electron chi connectivity index (χ1n) is 12.8. The van der Waals surface area contributed by atoms with Crippen molar-refractivity contribution < 1.29 is 9.47 Å². The molecule has 35 heavy (non-hydrogen) atoms. The number of fused-ring (bicyclic) bond motifs is 1. The summed E-state index contributed by atoms with van der Waals surface area (Å²) in [5, 5.41) is 4.62. The Labute approximate surface area is 206 Å². The van der Waals surface area contributed by atoms with Crippen molar-refractivity contribution in [1.29, 1.82) is 0 Å². The zero-order chi connectivity index (χ0) is 24.2. The van der Waals surface area contributed by atoms with Crippen LogP contribution in [0.2, 0.25) is 0 Å². The van der Waals surface area contributed by atoms with Crippen LogP contribution in [0, 0.1) is 30.1 Å². The Hall–Kier alpha value is -3.05. The van der Waals surface area contributed by atoms with Crippen LogP contribution in [0.1, 0.15) is 36.0 Å². The van der Waals surface area contributed by atoms with Crippen molar-refractivity contribution in [3.63, 3.8) is 0 Å². The van der Waals surface area contributed by atoms with E-state index < -0.39 is 0 Å². The number of hydrogen-bond acceptors (Lipinski definition) is 4. The third kappa shape index (κ3) is 3.77. The Morgan fingerprint density at radius 2 is 1.77 bits per heavy atom. The average molecular weight is 471 g/mol. The number of ether oxygens (including phenoxy) is 2. The van der Waals surface area contributed by atoms with Gasteiger partial charge in [-0.2, -0.15) is 0 Å². The Bertz CT molecular complexity index is 1350. The summed E-state index contributed by atoms with van der Waals surface area (Å²) >= 11 is 0. The Morgan fingerprint density at radius 1 is 1.03 bits per heavy atom. The molecule has 2 fully saturated rings. The van der Waals surface area contributed by atoms with Crippen LogP contribution in [-0.4, -0.2) is 25.3 Å². The average Bonchev–Trinajstić information content (AvgIpc) is 3.54. The number of hydrogen-bond donors (Lipinski definition) is 1. The number of aryl methyl sites for hydroxylation is 1. The Balaban J connectivity index is 1.31. The molecule has 3 aliphatic carbocycles. The first-order valence-corrected chi connectivity index (χ1v) is 12.8. The van der Waals surface area contributed by atoms with Gasteiger partial charge in [-0.1, -0.05) is 42.0 Å². The lowest BCUT2D eigenvalue weighted by Crippen LogP contribution is -2.31. The summed E-state index contributed by atoms with van der Waals surface area (Å²) in [6.07, 6.45) is 9.01. The van der Waals surface area contributed by atoms with Crippen LogP contribution in [0.4, 0.5) is 0 Å². The molecule has 1 aromatic heterocycles. The predicted octanol–water partition coefficient (Wildman–Crippen LogP) is 5.07. The summed E-state index contributed by atoms with van der Waals surface area (Å²) < 4.78 is 13.0. The summed E-state index contributed by atoms with van der Waals surface area (Å²) in [6, 6.07) is 14.3. The van der Waals surface area contributed by atoms with Crippen LogP contribution >= 0.6 is 0 Å². The first kappa shape index (κ1) is 22.4. The molecule has 2 saturated carbocycles. The maximum atomic E-state index is 13.7. The van der Waals surface area contributed by atoms with E-state index in [-0.39, 0.29) is 5.56 Å². The van der Waals surface area contributed by atoms with E-state index in [0.717, 1.165) is 40.4 Å². The molecule has 3 aromatic rings. The molecular weight excluding hydrogens is 436 g/mol. The van der Waals surface area contributed by atoms with E-state index in [1.54, 1.807) is 14.2 Å². The van der Waals surface area contributed by atoms with Gasteiger partial charge in [0.05, 0.1) is 26.3 Å². The van der Waals surface area contributed by atoms with Crippen LogP contribution in [-0.2, 0) is 13.1 Å². The van der Waals surface area contributed by atoms with Crippen LogP contribution < -0.4 is 20.3 Å². The van der Waals surface area contributed by atoms with Gasteiger partial charge >= 0.3 is 0 Å². The summed E-state index contributed by atoms with van der Waals surface area (Å²) in [6.45, 7) is 4.13. The molecule has 6 rings (SSSR count). The summed E-state index contributed by atoms with van der Waals surface area (Å²) in [7, 11) is 3.27. The van der Waals surface area contributed by atoms with Gasteiger partial charge in [0.25, 0.3) is 5.56 Å². The summed E-state index contributed by atoms with van der Waals surface area (Å²) in [5.41, 5.74) is 4.60. The van der Waals surface area contributed by atoms with Gasteiger partial charge in [0, 0.05) is 23.6 Å². The maximum Gasteiger partial charge on any atom is 0.255 e. The molecule has 3 aliphatic rings. The lowest BCUT2D eigenvalue weighted by atomic mass is 9.89. The number of benzene rings is 2. The second-order valence-corrected chi connectivity index (χ2v) is 10.7. The summed E-state index contributed by atoms with van der Waals surface area (Å²) in [5.74, 6) is 3.50. The smallest absolute Gasteiger partial charge is 0.255 e. The molecular formula is C30H34N2O3. The molecule has 0 amide bonds. The van der Waals surface area contributed by atoms with Crippen LogP contribution in [0.25, 0.3) is 10.9 Å². The van der Waals surface area contributed by atoms with Crippen LogP contribution in [0.15, 0.2) is 59.4 Å². The van der Waals surface area contributed by atoms with E-state index in [2.05, 4.69) is 48.7 Å². The maximum absolute atomic E-state index is 13.7. The number of allylic oxidation sites excluding steroid dienone is 2. The van der Waals surface area contributed by atoms with Gasteiger partial charge in [0.2, 0.25) is 0 Å². The topological polar surface area (TPSA) is 52.5 Å². The lowest BCUT2D eigenvalue weighted by Gasteiger charge is -2.21. The molecule has 5 heteroatoms. The number of nitrogens with zero attached hydrogens (tertiary/aromatic N) is 1. The zero-order valence-electron chi connectivity index (χ0n) is 20.8. The van der Waals surface area contributed by atoms with Gasteiger partial charge in [0.1, 0.15) is 0 Å². The van der Waals surface area contributed by atoms with E-state index >= 15 is 0 Å². The predicted molar refractivity (Wildman–Crippen MR) is 139 cm³/mol. The fourth-order valence-corrected chi connectivity index (χ4v) is 6.67. The van der Waals surface area contributed by atoms with E-state index in [9.17, 15) is 4.79 Å². The molecule has 0 radical (unpaired) electrons. The fourth-order valence-electron chi connectivity index (χ4n) is 6.67. The normalized spacial score (nSPS) is 23.3. The second-order valence-electron chi connectivity index (χ2n) is 10.7. The second kappa shape index (κ2) is 8.56. The molecule has 2 bridgehead atoms. The number of pyridine rings is 1. The highest BCUT2D eigenvalue weighted by Crippen LogP contribution is 2.69. The monoisotopic (exact) mass is 470 g/mol. The molecule has 0 aliphatic heterocycles. The van der Waals surface area contributed by atoms with Crippen molar-refractivity contribution in [2.45, 2.75) is 39.3 Å². The molecule has 182 valence electrons. The third-order valence-corrected chi connectivity index (χ3v) is 8.70. The quantitative estimate of drug-likeness (QED) is 0.467. The Kier molecular flexibility index (Phi) is 5.48. The van der Waals surface area contributed by atoms with E-state index in [0.29, 0.717) is 35.9 Å². The highest BCUT2D eigenvalue weighted by atomic mass is 16.5. The van der Waals surface area contributed by atoms with Crippen molar-refractivity contribution in [3.8, 4) is 11.5 Å². The molecule has 1 heterocycles. The molecule has 2 aromatic carbocycles. The van der Waals surface area contributed by atoms with Crippen molar-refractivity contribution in [3.05, 3.63) is 81.7 Å². The number of nitrogens with one attached hydrogen (secondary N) is 1. The van der Waals surface area contributed by atoms with E-state index in [1.807, 2.05) is 22.8 Å². The molecule has 0 saturated heterocycles. The van der Waals surface area contributed by atoms with Gasteiger partial charge in [-0.05, 0) is 73.6 Å². The zero-order valence-corrected chi connectivity index (χ0v) is 20.8. The van der Waals surface area contributed by atoms with Crippen molar-refractivity contribution in [2.24, 2.45) is 23.2 Å². The first-order chi connectivity index (χ1) is 17.0. The molecule has 0 unspecified atom stereocenters. The molecule has 1 spiro atoms. The molecule has 1 N–H and O–H groups in total. The largest absolute Gasteiger partial charge is 0.493 e. The minimum atomic E-state index is 0.0456. The van der Waals surface area contributed by atoms with Crippen LogP contribution in [0.5, 0.6) is 11.5 Å². The van der Waals surface area contributed by atoms with Crippen molar-refractivity contribution in [1.82, 2.24) is 9.88 Å². The van der Waals surface area contributed by atoms with E-state index in [1.165, 1.54) is 24.8 Å². The third-order valence-electron chi connectivity index (χ3n) is 8.70. The minimum Gasteiger partial charge on any atom is -0.493 e. The van der Waals surface area contributed by atoms with E-state index in [4.69, 9.17) is 9.47 Å².